The van der Waals surface area contributed by atoms with Gasteiger partial charge in [0.05, 0.1) is 38.4 Å². The maximum absolute atomic E-state index is 13.1. The van der Waals surface area contributed by atoms with E-state index < -0.39 is 23.1 Å². The van der Waals surface area contributed by atoms with E-state index in [9.17, 15) is 18.0 Å². The molecule has 220 valence electrons. The highest BCUT2D eigenvalue weighted by atomic mass is 19.4. The van der Waals surface area contributed by atoms with Gasteiger partial charge in [-0.2, -0.15) is 13.2 Å². The van der Waals surface area contributed by atoms with Crippen molar-refractivity contribution in [3.63, 3.8) is 0 Å². The molecule has 2 aromatic rings. The van der Waals surface area contributed by atoms with Crippen molar-refractivity contribution in [2.24, 2.45) is 0 Å². The van der Waals surface area contributed by atoms with Crippen LogP contribution in [0.2, 0.25) is 0 Å². The zero-order valence-corrected chi connectivity index (χ0v) is 23.5. The number of carbonyl (C=O) groups excluding carboxylic acids is 1. The minimum Gasteiger partial charge on any atom is -0.460 e. The van der Waals surface area contributed by atoms with Crippen LogP contribution in [0.25, 0.3) is 0 Å². The Bertz CT molecular complexity index is 1130. The molecule has 0 N–H and O–H groups in total. The van der Waals surface area contributed by atoms with Crippen LogP contribution < -0.4 is 4.90 Å². The van der Waals surface area contributed by atoms with Crippen LogP contribution in [0.5, 0.6) is 0 Å². The Labute approximate surface area is 233 Å². The number of piperidine rings is 1. The van der Waals surface area contributed by atoms with Crippen molar-refractivity contribution in [2.75, 3.05) is 50.9 Å². The number of esters is 1. The number of benzene rings is 1. The van der Waals surface area contributed by atoms with Crippen LogP contribution >= 0.6 is 0 Å². The van der Waals surface area contributed by atoms with Gasteiger partial charge >= 0.3 is 12.1 Å². The van der Waals surface area contributed by atoms with Gasteiger partial charge in [0.15, 0.2) is 0 Å². The van der Waals surface area contributed by atoms with Gasteiger partial charge in [-0.3, -0.25) is 9.69 Å². The van der Waals surface area contributed by atoms with Crippen LogP contribution in [0, 0.1) is 0 Å². The number of rotatable bonds is 9. The van der Waals surface area contributed by atoms with Crippen molar-refractivity contribution in [1.82, 2.24) is 14.9 Å². The minimum atomic E-state index is -4.50. The molecule has 1 aromatic carbocycles. The summed E-state index contributed by atoms with van der Waals surface area (Å²) in [6.07, 6.45) is -0.768. The Balaban J connectivity index is 1.22. The third kappa shape index (κ3) is 8.87. The van der Waals surface area contributed by atoms with E-state index in [2.05, 4.69) is 33.1 Å². The molecule has 2 saturated heterocycles. The average Bonchev–Trinajstić information content (AvgIpc) is 2.89. The molecule has 0 atom stereocenters. The fraction of sp³-hybridized carbons (Fsp3) is 0.621. The molecule has 4 rings (SSSR count). The Morgan fingerprint density at radius 2 is 1.82 bits per heavy atom. The second-order valence-electron chi connectivity index (χ2n) is 11.5. The van der Waals surface area contributed by atoms with Gasteiger partial charge in [-0.15, -0.1) is 0 Å². The largest absolute Gasteiger partial charge is 0.460 e. The van der Waals surface area contributed by atoms with Gasteiger partial charge in [0.1, 0.15) is 11.3 Å². The summed E-state index contributed by atoms with van der Waals surface area (Å²) in [5.41, 5.74) is 0.561. The van der Waals surface area contributed by atoms with Crippen molar-refractivity contribution in [3.05, 3.63) is 53.3 Å². The van der Waals surface area contributed by atoms with E-state index in [4.69, 9.17) is 14.2 Å². The molecule has 0 bridgehead atoms. The average molecular weight is 565 g/mol. The van der Waals surface area contributed by atoms with Crippen molar-refractivity contribution < 1.29 is 32.2 Å². The smallest absolute Gasteiger partial charge is 0.433 e. The van der Waals surface area contributed by atoms with Gasteiger partial charge in [0.25, 0.3) is 0 Å². The lowest BCUT2D eigenvalue weighted by Crippen LogP contribution is -2.57. The maximum atomic E-state index is 13.1. The Morgan fingerprint density at radius 1 is 1.07 bits per heavy atom. The summed E-state index contributed by atoms with van der Waals surface area (Å²) in [6.45, 7) is 10.2. The van der Waals surface area contributed by atoms with Gasteiger partial charge in [0, 0.05) is 32.4 Å². The van der Waals surface area contributed by atoms with E-state index in [0.29, 0.717) is 32.9 Å². The number of likely N-dealkylation sites (tertiary alicyclic amines) is 1. The highest BCUT2D eigenvalue weighted by Crippen LogP contribution is 2.33. The van der Waals surface area contributed by atoms with Crippen molar-refractivity contribution in [2.45, 2.75) is 70.4 Å². The highest BCUT2D eigenvalue weighted by Gasteiger charge is 2.41. The second-order valence-corrected chi connectivity index (χ2v) is 11.5. The van der Waals surface area contributed by atoms with E-state index in [0.717, 1.165) is 45.0 Å². The second kappa shape index (κ2) is 12.8. The zero-order valence-electron chi connectivity index (χ0n) is 23.5. The molecule has 0 aliphatic carbocycles. The zero-order chi connectivity index (χ0) is 28.8. The van der Waals surface area contributed by atoms with E-state index in [1.54, 1.807) is 0 Å². The lowest BCUT2D eigenvalue weighted by atomic mass is 9.89. The van der Waals surface area contributed by atoms with E-state index in [-0.39, 0.29) is 18.3 Å². The molecule has 3 heterocycles. The number of morpholine rings is 1. The SMILES string of the molecule is CC(C)(C)OC(=O)CCOCCc1cccc(CN2CCC3(CC2)CN(c2nccc(C(F)(F)F)n2)CCO3)c1. The number of hydrogen-bond donors (Lipinski definition) is 0. The molecule has 2 aliphatic rings. The number of anilines is 1. The molecule has 2 fully saturated rings. The maximum Gasteiger partial charge on any atom is 0.433 e. The molecule has 8 nitrogen and oxygen atoms in total. The third-order valence-corrected chi connectivity index (χ3v) is 7.04. The molecule has 1 spiro atoms. The number of alkyl halides is 3. The van der Waals surface area contributed by atoms with Gasteiger partial charge in [0.2, 0.25) is 5.95 Å². The van der Waals surface area contributed by atoms with E-state index in [1.165, 1.54) is 17.3 Å². The Kier molecular flexibility index (Phi) is 9.68. The Hall–Kier alpha value is -2.76. The van der Waals surface area contributed by atoms with Crippen LogP contribution in [0.1, 0.15) is 56.9 Å². The first-order chi connectivity index (χ1) is 18.9. The minimum absolute atomic E-state index is 0.102. The summed E-state index contributed by atoms with van der Waals surface area (Å²) in [7, 11) is 0. The van der Waals surface area contributed by atoms with Gasteiger partial charge in [-0.05, 0) is 57.2 Å². The molecular formula is C29H39F3N4O4. The summed E-state index contributed by atoms with van der Waals surface area (Å²) in [6, 6.07) is 9.32. The summed E-state index contributed by atoms with van der Waals surface area (Å²) >= 11 is 0. The molecule has 0 saturated carbocycles. The van der Waals surface area contributed by atoms with Crippen LogP contribution in [0.4, 0.5) is 19.1 Å². The molecule has 40 heavy (non-hydrogen) atoms. The van der Waals surface area contributed by atoms with Crippen LogP contribution in [-0.4, -0.2) is 78.0 Å². The van der Waals surface area contributed by atoms with Gasteiger partial charge in [-0.1, -0.05) is 24.3 Å². The summed E-state index contributed by atoms with van der Waals surface area (Å²) in [5, 5.41) is 0. The highest BCUT2D eigenvalue weighted by molar-refractivity contribution is 5.69. The number of hydrogen-bond acceptors (Lipinski definition) is 8. The number of aromatic nitrogens is 2. The lowest BCUT2D eigenvalue weighted by molar-refractivity contribution is -0.156. The van der Waals surface area contributed by atoms with Crippen molar-refractivity contribution in [1.29, 1.82) is 0 Å². The number of carbonyl (C=O) groups is 1. The first-order valence-corrected chi connectivity index (χ1v) is 13.8. The molecule has 0 amide bonds. The van der Waals surface area contributed by atoms with E-state index >= 15 is 0 Å². The Morgan fingerprint density at radius 3 is 2.55 bits per heavy atom. The fourth-order valence-electron chi connectivity index (χ4n) is 5.08. The predicted molar refractivity (Wildman–Crippen MR) is 144 cm³/mol. The number of halogens is 3. The molecule has 11 heteroatoms. The fourth-order valence-corrected chi connectivity index (χ4v) is 5.08. The normalized spacial score (nSPS) is 18.2. The van der Waals surface area contributed by atoms with Crippen molar-refractivity contribution in [3.8, 4) is 0 Å². The van der Waals surface area contributed by atoms with E-state index in [1.807, 2.05) is 31.7 Å². The first kappa shape index (κ1) is 30.2. The topological polar surface area (TPSA) is 77.0 Å². The van der Waals surface area contributed by atoms with Gasteiger partial charge < -0.3 is 19.1 Å². The standard InChI is InChI=1S/C29H39F3N4O4/c1-27(2,3)40-25(37)9-17-38-16-8-22-5-4-6-23(19-22)20-35-13-10-28(11-14-35)21-36(15-18-39-28)26-33-12-7-24(34-26)29(30,31)32/h4-7,12,19H,8-11,13-18,20-21H2,1-3H3. The van der Waals surface area contributed by atoms with Crippen molar-refractivity contribution >= 4 is 11.9 Å². The quantitative estimate of drug-likeness (QED) is 0.322. The number of nitrogens with zero attached hydrogens (tertiary/aromatic N) is 4. The lowest BCUT2D eigenvalue weighted by Gasteiger charge is -2.47. The molecule has 1 aromatic heterocycles. The van der Waals surface area contributed by atoms with Crippen LogP contribution in [-0.2, 0) is 38.1 Å². The molecule has 0 radical (unpaired) electrons. The summed E-state index contributed by atoms with van der Waals surface area (Å²) in [5.74, 6) is -0.154. The molecule has 2 aliphatic heterocycles. The monoisotopic (exact) mass is 564 g/mol. The molecular weight excluding hydrogens is 525 g/mol. The van der Waals surface area contributed by atoms with Crippen LogP contribution in [0.15, 0.2) is 36.5 Å². The molecule has 0 unspecified atom stereocenters. The first-order valence-electron chi connectivity index (χ1n) is 13.8. The number of ether oxygens (including phenoxy) is 3. The van der Waals surface area contributed by atoms with Crippen LogP contribution in [0.3, 0.4) is 0 Å². The summed E-state index contributed by atoms with van der Waals surface area (Å²) in [4.78, 5) is 23.9. The predicted octanol–water partition coefficient (Wildman–Crippen LogP) is 4.66. The summed E-state index contributed by atoms with van der Waals surface area (Å²) < 4.78 is 56.5. The van der Waals surface area contributed by atoms with Gasteiger partial charge in [-0.25, -0.2) is 9.97 Å². The third-order valence-electron chi connectivity index (χ3n) is 7.04.